The third-order valence-electron chi connectivity index (χ3n) is 4.10. The molecule has 31 heavy (non-hydrogen) atoms. The molecule has 0 atom stereocenters. The van der Waals surface area contributed by atoms with Gasteiger partial charge in [0.1, 0.15) is 11.4 Å². The topological polar surface area (TPSA) is 98.6 Å². The zero-order valence-electron chi connectivity index (χ0n) is 15.4. The van der Waals surface area contributed by atoms with Crippen LogP contribution in [0.4, 0.5) is 13.2 Å². The third-order valence-corrected chi connectivity index (χ3v) is 4.71. The molecular formula is C18H12Cl2F3N5O3. The van der Waals surface area contributed by atoms with Gasteiger partial charge >= 0.3 is 6.18 Å². The smallest absolute Gasteiger partial charge is 0.434 e. The molecule has 13 heteroatoms. The van der Waals surface area contributed by atoms with E-state index in [1.807, 2.05) is 0 Å². The number of halogens is 5. The molecule has 8 nitrogen and oxygen atoms in total. The highest BCUT2D eigenvalue weighted by atomic mass is 35.5. The Morgan fingerprint density at radius 3 is 2.68 bits per heavy atom. The molecule has 3 heterocycles. The van der Waals surface area contributed by atoms with E-state index in [2.05, 4.69) is 20.1 Å². The second-order valence-corrected chi connectivity index (χ2v) is 7.09. The fourth-order valence-electron chi connectivity index (χ4n) is 2.64. The summed E-state index contributed by atoms with van der Waals surface area (Å²) in [6.07, 6.45) is -1.02. The molecule has 0 saturated heterocycles. The summed E-state index contributed by atoms with van der Waals surface area (Å²) in [7, 11) is 0. The summed E-state index contributed by atoms with van der Waals surface area (Å²) in [4.78, 5) is 11.7. The summed E-state index contributed by atoms with van der Waals surface area (Å²) in [6.45, 7) is 0.239. The molecule has 0 unspecified atom stereocenters. The van der Waals surface area contributed by atoms with E-state index in [1.54, 1.807) is 0 Å². The molecule has 3 aromatic heterocycles. The van der Waals surface area contributed by atoms with Gasteiger partial charge in [0.25, 0.3) is 5.89 Å². The van der Waals surface area contributed by atoms with Crippen LogP contribution < -0.4 is 4.74 Å². The fourth-order valence-corrected chi connectivity index (χ4v) is 3.10. The molecule has 162 valence electrons. The van der Waals surface area contributed by atoms with Crippen molar-refractivity contribution in [1.82, 2.24) is 24.5 Å². The predicted molar refractivity (Wildman–Crippen MR) is 104 cm³/mol. The highest BCUT2D eigenvalue weighted by Gasteiger charge is 2.33. The van der Waals surface area contributed by atoms with Crippen molar-refractivity contribution in [3.05, 3.63) is 46.5 Å². The average Bonchev–Trinajstić information content (AvgIpc) is 3.36. The number of hydrogen-bond donors (Lipinski definition) is 1. The Balaban J connectivity index is 1.63. The first kappa shape index (κ1) is 21.3. The Morgan fingerprint density at radius 1 is 1.13 bits per heavy atom. The molecule has 0 spiro atoms. The van der Waals surface area contributed by atoms with E-state index in [1.165, 1.54) is 18.3 Å². The summed E-state index contributed by atoms with van der Waals surface area (Å²) >= 11 is 12.5. The lowest BCUT2D eigenvalue weighted by atomic mass is 10.2. The molecule has 0 aliphatic heterocycles. The van der Waals surface area contributed by atoms with E-state index in [4.69, 9.17) is 37.6 Å². The van der Waals surface area contributed by atoms with E-state index in [0.29, 0.717) is 17.7 Å². The van der Waals surface area contributed by atoms with Gasteiger partial charge in [-0.1, -0.05) is 28.4 Å². The molecule has 0 amide bonds. The van der Waals surface area contributed by atoms with Gasteiger partial charge in [0.15, 0.2) is 11.3 Å². The van der Waals surface area contributed by atoms with Crippen LogP contribution in [0, 0.1) is 0 Å². The fraction of sp³-hybridized carbons (Fsp3) is 0.222. The molecule has 0 radical (unpaired) electrons. The van der Waals surface area contributed by atoms with Gasteiger partial charge < -0.3 is 18.8 Å². The molecule has 0 aliphatic rings. The Labute approximate surface area is 182 Å². The standard InChI is InChI=1S/C18H12Cl2F3N5O3/c19-10-5-13(30-3-1-2-29)11(20)4-9(10)16-26-17(31-27-16)12-7-28-8-14(18(21,22)23)24-6-15(28)25-12/h4-8,29H,1-3H2. The summed E-state index contributed by atoms with van der Waals surface area (Å²) in [5, 5.41) is 13.2. The molecule has 0 bridgehead atoms. The van der Waals surface area contributed by atoms with E-state index in [0.717, 1.165) is 16.8 Å². The van der Waals surface area contributed by atoms with Gasteiger partial charge in [-0.05, 0) is 6.07 Å². The highest BCUT2D eigenvalue weighted by molar-refractivity contribution is 6.36. The number of aromatic nitrogens is 5. The summed E-state index contributed by atoms with van der Waals surface area (Å²) in [6, 6.07) is 2.98. The minimum Gasteiger partial charge on any atom is -0.492 e. The van der Waals surface area contributed by atoms with Crippen molar-refractivity contribution < 1.29 is 27.5 Å². The van der Waals surface area contributed by atoms with Gasteiger partial charge in [-0.15, -0.1) is 0 Å². The van der Waals surface area contributed by atoms with Gasteiger partial charge in [0.2, 0.25) is 5.82 Å². The van der Waals surface area contributed by atoms with E-state index >= 15 is 0 Å². The number of imidazole rings is 1. The number of alkyl halides is 3. The third kappa shape index (κ3) is 4.43. The number of fused-ring (bicyclic) bond motifs is 1. The second kappa shape index (κ2) is 8.33. The van der Waals surface area contributed by atoms with Crippen LogP contribution in [0.25, 0.3) is 28.6 Å². The van der Waals surface area contributed by atoms with Crippen LogP contribution in [0.5, 0.6) is 5.75 Å². The predicted octanol–water partition coefficient (Wildman–Crippen LogP) is 4.53. The molecular weight excluding hydrogens is 462 g/mol. The van der Waals surface area contributed by atoms with Crippen molar-refractivity contribution in [3.8, 4) is 28.7 Å². The summed E-state index contributed by atoms with van der Waals surface area (Å²) in [5.74, 6) is 0.415. The zero-order valence-corrected chi connectivity index (χ0v) is 16.9. The SMILES string of the molecule is OCCCOc1cc(Cl)c(-c2noc(-c3cn4cc(C(F)(F)F)ncc4n3)n2)cc1Cl. The van der Waals surface area contributed by atoms with Crippen molar-refractivity contribution in [3.63, 3.8) is 0 Å². The molecule has 1 aromatic carbocycles. The number of hydrogen-bond acceptors (Lipinski definition) is 7. The second-order valence-electron chi connectivity index (χ2n) is 6.27. The maximum Gasteiger partial charge on any atom is 0.434 e. The first-order valence-corrected chi connectivity index (χ1v) is 9.51. The molecule has 4 rings (SSSR count). The number of aliphatic hydroxyl groups excluding tert-OH is 1. The van der Waals surface area contributed by atoms with Crippen LogP contribution in [0.2, 0.25) is 10.0 Å². The Bertz CT molecular complexity index is 1240. The summed E-state index contributed by atoms with van der Waals surface area (Å²) < 4.78 is 50.3. The van der Waals surface area contributed by atoms with Crippen LogP contribution in [-0.4, -0.2) is 42.8 Å². The van der Waals surface area contributed by atoms with E-state index < -0.39 is 11.9 Å². The summed E-state index contributed by atoms with van der Waals surface area (Å²) in [5.41, 5.74) is -0.363. The molecule has 0 saturated carbocycles. The molecule has 4 aromatic rings. The number of benzene rings is 1. The van der Waals surface area contributed by atoms with Gasteiger partial charge in [-0.3, -0.25) is 0 Å². The van der Waals surface area contributed by atoms with Crippen molar-refractivity contribution in [2.24, 2.45) is 0 Å². The number of aliphatic hydroxyl groups is 1. The van der Waals surface area contributed by atoms with Gasteiger partial charge in [-0.2, -0.15) is 18.2 Å². The maximum atomic E-state index is 12.8. The lowest BCUT2D eigenvalue weighted by Gasteiger charge is -2.09. The molecule has 1 N–H and O–H groups in total. The Morgan fingerprint density at radius 2 is 1.94 bits per heavy atom. The van der Waals surface area contributed by atoms with Gasteiger partial charge in [-0.25, -0.2) is 9.97 Å². The van der Waals surface area contributed by atoms with Crippen LogP contribution >= 0.6 is 23.2 Å². The lowest BCUT2D eigenvalue weighted by Crippen LogP contribution is -2.08. The minimum absolute atomic E-state index is 0.0221. The Kier molecular flexibility index (Phi) is 5.73. The highest BCUT2D eigenvalue weighted by Crippen LogP contribution is 2.36. The van der Waals surface area contributed by atoms with Crippen LogP contribution in [-0.2, 0) is 6.18 Å². The average molecular weight is 474 g/mol. The quantitative estimate of drug-likeness (QED) is 0.410. The zero-order chi connectivity index (χ0) is 22.2. The maximum absolute atomic E-state index is 12.8. The molecule has 0 fully saturated rings. The van der Waals surface area contributed by atoms with E-state index in [-0.39, 0.29) is 46.3 Å². The van der Waals surface area contributed by atoms with Gasteiger partial charge in [0.05, 0.1) is 22.8 Å². The first-order valence-electron chi connectivity index (χ1n) is 8.75. The van der Waals surface area contributed by atoms with Crippen molar-refractivity contribution in [2.45, 2.75) is 12.6 Å². The molecule has 0 aliphatic carbocycles. The lowest BCUT2D eigenvalue weighted by molar-refractivity contribution is -0.141. The van der Waals surface area contributed by atoms with Crippen LogP contribution in [0.15, 0.2) is 35.2 Å². The van der Waals surface area contributed by atoms with E-state index in [9.17, 15) is 13.2 Å². The Hall–Kier alpha value is -2.89. The number of ether oxygens (including phenoxy) is 1. The normalized spacial score (nSPS) is 11.9. The number of rotatable bonds is 6. The van der Waals surface area contributed by atoms with Crippen molar-refractivity contribution in [2.75, 3.05) is 13.2 Å². The first-order chi connectivity index (χ1) is 14.8. The largest absolute Gasteiger partial charge is 0.492 e. The van der Waals surface area contributed by atoms with Crippen molar-refractivity contribution in [1.29, 1.82) is 0 Å². The van der Waals surface area contributed by atoms with Gasteiger partial charge in [0, 0.05) is 37.1 Å². The van der Waals surface area contributed by atoms with Crippen LogP contribution in [0.1, 0.15) is 12.1 Å². The number of nitrogens with zero attached hydrogens (tertiary/aromatic N) is 5. The van der Waals surface area contributed by atoms with Crippen LogP contribution in [0.3, 0.4) is 0 Å². The van der Waals surface area contributed by atoms with Crippen molar-refractivity contribution >= 4 is 28.8 Å². The minimum atomic E-state index is -4.58. The monoisotopic (exact) mass is 473 g/mol.